The lowest BCUT2D eigenvalue weighted by atomic mass is 9.90. The van der Waals surface area contributed by atoms with E-state index in [-0.39, 0.29) is 4.28 Å². The predicted octanol–water partition coefficient (Wildman–Crippen LogP) is 4.35. The Morgan fingerprint density at radius 1 is 1.14 bits per heavy atom. The third-order valence-electron chi connectivity index (χ3n) is 6.49. The standard InChI is InChI=1S/C22H29N5O.3H2/c1-13-6-20(23-2)27-22(25-13)26-18-9-14-4-3-5-28-21(14)19(10-18)15-7-16-11-24-12-17(16)8-15;;;/h6,9-10,15-17,24H,3-5,7-8,11-12H2,1-2H3,(H2,23,25,26,27);3*1H/t15?,16-,17+;;;. The molecule has 2 aliphatic heterocycles. The van der Waals surface area contributed by atoms with Gasteiger partial charge in [-0.15, -0.1) is 0 Å². The molecule has 1 unspecified atom stereocenters. The van der Waals surface area contributed by atoms with Gasteiger partial charge in [0.15, 0.2) is 0 Å². The number of anilines is 3. The molecule has 3 atom stereocenters. The molecule has 5 rings (SSSR count). The van der Waals surface area contributed by atoms with E-state index in [2.05, 4.69) is 38.1 Å². The van der Waals surface area contributed by atoms with Gasteiger partial charge in [0.1, 0.15) is 11.6 Å². The molecule has 3 N–H and O–H groups in total. The highest BCUT2D eigenvalue weighted by Crippen LogP contribution is 2.48. The first kappa shape index (κ1) is 17.7. The summed E-state index contributed by atoms with van der Waals surface area (Å²) in [6.07, 6.45) is 4.69. The highest BCUT2D eigenvalue weighted by molar-refractivity contribution is 5.62. The number of aromatic nitrogens is 2. The summed E-state index contributed by atoms with van der Waals surface area (Å²) >= 11 is 0. The van der Waals surface area contributed by atoms with E-state index >= 15 is 0 Å². The molecule has 3 heterocycles. The maximum atomic E-state index is 6.17. The summed E-state index contributed by atoms with van der Waals surface area (Å²) < 4.78 is 6.17. The highest BCUT2D eigenvalue weighted by atomic mass is 16.5. The molecule has 1 aromatic heterocycles. The molecule has 2 aromatic rings. The Bertz CT molecular complexity index is 886. The molecule has 3 aliphatic rings. The fourth-order valence-corrected chi connectivity index (χ4v) is 5.19. The number of hydrogen-bond donors (Lipinski definition) is 3. The summed E-state index contributed by atoms with van der Waals surface area (Å²) in [6.45, 7) is 5.17. The molecule has 2 fully saturated rings. The summed E-state index contributed by atoms with van der Waals surface area (Å²) in [6, 6.07) is 6.46. The van der Waals surface area contributed by atoms with Crippen LogP contribution in [0.4, 0.5) is 17.5 Å². The second-order valence-corrected chi connectivity index (χ2v) is 8.45. The molecule has 28 heavy (non-hydrogen) atoms. The molecule has 0 bridgehead atoms. The molecule has 6 heteroatoms. The zero-order valence-electron chi connectivity index (χ0n) is 16.7. The van der Waals surface area contributed by atoms with Gasteiger partial charge in [-0.25, -0.2) is 4.98 Å². The maximum Gasteiger partial charge on any atom is 0.229 e. The van der Waals surface area contributed by atoms with Crippen molar-refractivity contribution in [3.63, 3.8) is 0 Å². The van der Waals surface area contributed by atoms with Gasteiger partial charge in [0.05, 0.1) is 6.61 Å². The average molecular weight is 386 g/mol. The van der Waals surface area contributed by atoms with Gasteiger partial charge in [0, 0.05) is 28.8 Å². The van der Waals surface area contributed by atoms with Gasteiger partial charge in [-0.2, -0.15) is 4.98 Å². The fourth-order valence-electron chi connectivity index (χ4n) is 5.19. The molecular weight excluding hydrogens is 350 g/mol. The number of hydrogen-bond acceptors (Lipinski definition) is 6. The van der Waals surface area contributed by atoms with Crippen molar-refractivity contribution in [1.29, 1.82) is 0 Å². The second kappa shape index (κ2) is 7.24. The summed E-state index contributed by atoms with van der Waals surface area (Å²) in [4.78, 5) is 9.12. The largest absolute Gasteiger partial charge is 0.493 e. The first-order chi connectivity index (χ1) is 13.7. The van der Waals surface area contributed by atoms with Crippen LogP contribution in [0.2, 0.25) is 0 Å². The summed E-state index contributed by atoms with van der Waals surface area (Å²) in [5, 5.41) is 10.1. The molecule has 6 nitrogen and oxygen atoms in total. The zero-order valence-corrected chi connectivity index (χ0v) is 16.7. The third kappa shape index (κ3) is 3.30. The number of rotatable bonds is 4. The Hall–Kier alpha value is -2.34. The number of aryl methyl sites for hydroxylation is 2. The van der Waals surface area contributed by atoms with E-state index in [0.29, 0.717) is 11.9 Å². The molecule has 1 saturated heterocycles. The van der Waals surface area contributed by atoms with Crippen LogP contribution in [0.5, 0.6) is 5.75 Å². The number of ether oxygens (including phenoxy) is 1. The number of nitrogens with zero attached hydrogens (tertiary/aromatic N) is 2. The van der Waals surface area contributed by atoms with Crippen LogP contribution in [-0.4, -0.2) is 36.7 Å². The number of fused-ring (bicyclic) bond motifs is 2. The van der Waals surface area contributed by atoms with Crippen molar-refractivity contribution in [3.05, 3.63) is 35.0 Å². The Morgan fingerprint density at radius 2 is 1.96 bits per heavy atom. The van der Waals surface area contributed by atoms with Gasteiger partial charge in [-0.1, -0.05) is 0 Å². The lowest BCUT2D eigenvalue weighted by molar-refractivity contribution is 0.283. The van der Waals surface area contributed by atoms with Crippen molar-refractivity contribution in [2.75, 3.05) is 37.4 Å². The maximum absolute atomic E-state index is 6.17. The minimum absolute atomic E-state index is 0. The first-order valence-corrected chi connectivity index (χ1v) is 10.5. The van der Waals surface area contributed by atoms with Crippen LogP contribution >= 0.6 is 0 Å². The van der Waals surface area contributed by atoms with E-state index in [1.54, 1.807) is 0 Å². The SMILES string of the molecule is CNc1cc(C)nc(Nc2cc3c(c(C4C[C@H]5CNC[C@H]5C4)c2)OCCC3)n1.[HH].[HH].[HH]. The molecule has 0 spiro atoms. The van der Waals surface area contributed by atoms with Crippen molar-refractivity contribution in [2.45, 2.75) is 38.5 Å². The monoisotopic (exact) mass is 385 g/mol. The zero-order chi connectivity index (χ0) is 19.1. The number of nitrogens with one attached hydrogen (secondary N) is 3. The van der Waals surface area contributed by atoms with Crippen LogP contribution in [0.15, 0.2) is 18.2 Å². The molecule has 1 saturated carbocycles. The van der Waals surface area contributed by atoms with Crippen LogP contribution in [0, 0.1) is 18.8 Å². The van der Waals surface area contributed by atoms with Gasteiger partial charge in [-0.05, 0) is 86.7 Å². The van der Waals surface area contributed by atoms with Crippen LogP contribution in [0.25, 0.3) is 0 Å². The Balaban J connectivity index is 0.00000114. The van der Waals surface area contributed by atoms with E-state index in [9.17, 15) is 0 Å². The van der Waals surface area contributed by atoms with Gasteiger partial charge in [0.2, 0.25) is 5.95 Å². The third-order valence-corrected chi connectivity index (χ3v) is 6.49. The van der Waals surface area contributed by atoms with Crippen molar-refractivity contribution in [2.24, 2.45) is 11.8 Å². The quantitative estimate of drug-likeness (QED) is 0.727. The smallest absolute Gasteiger partial charge is 0.229 e. The Kier molecular flexibility index (Phi) is 4.59. The molecule has 0 amide bonds. The first-order valence-electron chi connectivity index (χ1n) is 10.5. The summed E-state index contributed by atoms with van der Waals surface area (Å²) in [5.41, 5.74) is 4.72. The number of benzene rings is 1. The van der Waals surface area contributed by atoms with Crippen molar-refractivity contribution < 1.29 is 9.02 Å². The van der Waals surface area contributed by atoms with Crippen molar-refractivity contribution in [1.82, 2.24) is 15.3 Å². The summed E-state index contributed by atoms with van der Waals surface area (Å²) in [7, 11) is 1.88. The fraction of sp³-hybridized carbons (Fsp3) is 0.545. The van der Waals surface area contributed by atoms with Crippen LogP contribution in [0.3, 0.4) is 0 Å². The Morgan fingerprint density at radius 3 is 2.75 bits per heavy atom. The van der Waals surface area contributed by atoms with E-state index in [0.717, 1.165) is 54.2 Å². The highest BCUT2D eigenvalue weighted by Gasteiger charge is 2.39. The normalized spacial score (nSPS) is 25.7. The van der Waals surface area contributed by atoms with E-state index in [1.807, 2.05) is 20.0 Å². The molecule has 1 aromatic carbocycles. The Labute approximate surface area is 171 Å². The van der Waals surface area contributed by atoms with Gasteiger partial charge >= 0.3 is 0 Å². The minimum atomic E-state index is 0. The second-order valence-electron chi connectivity index (χ2n) is 8.45. The van der Waals surface area contributed by atoms with Gasteiger partial charge in [-0.3, -0.25) is 0 Å². The van der Waals surface area contributed by atoms with E-state index < -0.39 is 0 Å². The van der Waals surface area contributed by atoms with Crippen LogP contribution in [-0.2, 0) is 6.42 Å². The molecule has 0 radical (unpaired) electrons. The lowest BCUT2D eigenvalue weighted by Gasteiger charge is -2.25. The van der Waals surface area contributed by atoms with Crippen LogP contribution in [0.1, 0.15) is 46.3 Å². The predicted molar refractivity (Wildman–Crippen MR) is 118 cm³/mol. The molecular formula is C22H35N5O. The van der Waals surface area contributed by atoms with Crippen LogP contribution < -0.4 is 20.7 Å². The lowest BCUT2D eigenvalue weighted by Crippen LogP contribution is -2.15. The van der Waals surface area contributed by atoms with Gasteiger partial charge in [0.25, 0.3) is 0 Å². The van der Waals surface area contributed by atoms with E-state index in [4.69, 9.17) is 4.74 Å². The molecule has 1 aliphatic carbocycles. The van der Waals surface area contributed by atoms with Crippen molar-refractivity contribution >= 4 is 17.5 Å². The minimum Gasteiger partial charge on any atom is -0.493 e. The van der Waals surface area contributed by atoms with Gasteiger partial charge < -0.3 is 20.7 Å². The average Bonchev–Trinajstić information content (AvgIpc) is 3.29. The van der Waals surface area contributed by atoms with E-state index in [1.165, 1.54) is 37.1 Å². The topological polar surface area (TPSA) is 71.1 Å². The molecule has 154 valence electrons. The summed E-state index contributed by atoms with van der Waals surface area (Å²) in [5.74, 6) is 4.85. The van der Waals surface area contributed by atoms with Crippen molar-refractivity contribution in [3.8, 4) is 5.75 Å².